The molecule has 0 atom stereocenters. The quantitative estimate of drug-likeness (QED) is 0.671. The van der Waals surface area contributed by atoms with Crippen LogP contribution in [-0.2, 0) is 17.6 Å². The smallest absolute Gasteiger partial charge is 0.267 e. The number of hydrogen-bond acceptors (Lipinski definition) is 4. The van der Waals surface area contributed by atoms with Crippen molar-refractivity contribution in [1.82, 2.24) is 9.55 Å². The molecule has 1 amide bonds. The van der Waals surface area contributed by atoms with Gasteiger partial charge in [0.15, 0.2) is 4.77 Å². The van der Waals surface area contributed by atoms with Crippen molar-refractivity contribution in [3.63, 3.8) is 0 Å². The first kappa shape index (κ1) is 16.2. The number of nitrogens with zero attached hydrogens (tertiary/aromatic N) is 1. The topological polar surface area (TPSA) is 66.9 Å². The fourth-order valence-electron chi connectivity index (χ4n) is 3.37. The summed E-state index contributed by atoms with van der Waals surface area (Å²) in [6, 6.07) is 7.12. The summed E-state index contributed by atoms with van der Waals surface area (Å²) >= 11 is 7.09. The Morgan fingerprint density at radius 2 is 1.96 bits per heavy atom. The van der Waals surface area contributed by atoms with Crippen LogP contribution in [0.3, 0.4) is 0 Å². The number of aromatic amines is 1. The summed E-state index contributed by atoms with van der Waals surface area (Å²) in [6.45, 7) is 1.46. The summed E-state index contributed by atoms with van der Waals surface area (Å²) in [6.07, 6.45) is 4.30. The van der Waals surface area contributed by atoms with Crippen LogP contribution in [0.1, 0.15) is 30.2 Å². The van der Waals surface area contributed by atoms with Crippen LogP contribution in [0.15, 0.2) is 29.1 Å². The number of fused-ring (bicyclic) bond motifs is 3. The van der Waals surface area contributed by atoms with Crippen LogP contribution >= 0.6 is 23.6 Å². The Kier molecular flexibility index (Phi) is 4.05. The van der Waals surface area contributed by atoms with Crippen molar-refractivity contribution < 1.29 is 4.79 Å². The van der Waals surface area contributed by atoms with E-state index in [1.165, 1.54) is 28.4 Å². The standard InChI is InChI=1S/C18H17N3O2S2/c1-10(22)19-11-6-8-12(9-7-11)21-17(23)15-13-4-2-3-5-14(13)25-16(15)20-18(21)24/h6-9H,2-5H2,1H3,(H,19,22)(H,20,24). The van der Waals surface area contributed by atoms with E-state index in [0.717, 1.165) is 29.5 Å². The van der Waals surface area contributed by atoms with Crippen LogP contribution in [0.25, 0.3) is 15.9 Å². The molecule has 2 heterocycles. The second kappa shape index (κ2) is 6.24. The van der Waals surface area contributed by atoms with E-state index in [2.05, 4.69) is 10.3 Å². The molecular formula is C18H17N3O2S2. The third-order valence-corrected chi connectivity index (χ3v) is 5.95. The Hall–Kier alpha value is -2.25. The van der Waals surface area contributed by atoms with Gasteiger partial charge in [0.25, 0.3) is 5.56 Å². The molecule has 1 aliphatic carbocycles. The predicted molar refractivity (Wildman–Crippen MR) is 104 cm³/mol. The van der Waals surface area contributed by atoms with E-state index in [0.29, 0.717) is 16.1 Å². The number of amides is 1. The summed E-state index contributed by atoms with van der Waals surface area (Å²) in [5.41, 5.74) is 2.50. The molecule has 2 N–H and O–H groups in total. The van der Waals surface area contributed by atoms with E-state index in [9.17, 15) is 9.59 Å². The number of carbonyl (C=O) groups excluding carboxylic acids is 1. The molecule has 0 unspecified atom stereocenters. The Labute approximate surface area is 153 Å². The van der Waals surface area contributed by atoms with Gasteiger partial charge in [-0.15, -0.1) is 11.3 Å². The van der Waals surface area contributed by atoms with Gasteiger partial charge in [-0.25, -0.2) is 0 Å². The molecule has 25 heavy (non-hydrogen) atoms. The number of carbonyl (C=O) groups is 1. The Bertz CT molecular complexity index is 1090. The average Bonchev–Trinajstić information content (AvgIpc) is 2.94. The lowest BCUT2D eigenvalue weighted by atomic mass is 9.97. The number of nitrogens with one attached hydrogen (secondary N) is 2. The summed E-state index contributed by atoms with van der Waals surface area (Å²) in [4.78, 5) is 29.7. The normalized spacial score (nSPS) is 13.6. The molecule has 128 valence electrons. The van der Waals surface area contributed by atoms with Gasteiger partial charge in [0.05, 0.1) is 11.1 Å². The molecule has 4 rings (SSSR count). The molecule has 5 nitrogen and oxygen atoms in total. The van der Waals surface area contributed by atoms with Crippen LogP contribution in [0.5, 0.6) is 0 Å². The van der Waals surface area contributed by atoms with Crippen molar-refractivity contribution in [3.8, 4) is 5.69 Å². The summed E-state index contributed by atoms with van der Waals surface area (Å²) in [5, 5.41) is 3.50. The zero-order valence-corrected chi connectivity index (χ0v) is 15.4. The summed E-state index contributed by atoms with van der Waals surface area (Å²) < 4.78 is 1.93. The molecule has 2 aromatic heterocycles. The Balaban J connectivity index is 1.88. The number of rotatable bonds is 2. The molecule has 0 spiro atoms. The van der Waals surface area contributed by atoms with Crippen LogP contribution < -0.4 is 10.9 Å². The van der Waals surface area contributed by atoms with E-state index in [1.807, 2.05) is 0 Å². The van der Waals surface area contributed by atoms with Crippen LogP contribution in [-0.4, -0.2) is 15.5 Å². The first-order valence-corrected chi connectivity index (χ1v) is 9.44. The highest BCUT2D eigenvalue weighted by molar-refractivity contribution is 7.71. The van der Waals surface area contributed by atoms with Gasteiger partial charge in [-0.05, 0) is 67.7 Å². The number of aryl methyl sites for hydroxylation is 2. The molecule has 0 fully saturated rings. The molecule has 0 saturated heterocycles. The van der Waals surface area contributed by atoms with Crippen molar-refractivity contribution in [3.05, 3.63) is 49.8 Å². The zero-order chi connectivity index (χ0) is 17.6. The number of anilines is 1. The van der Waals surface area contributed by atoms with E-state index in [-0.39, 0.29) is 11.5 Å². The zero-order valence-electron chi connectivity index (χ0n) is 13.7. The van der Waals surface area contributed by atoms with Gasteiger partial charge in [-0.2, -0.15) is 0 Å². The lowest BCUT2D eigenvalue weighted by Crippen LogP contribution is -2.21. The maximum Gasteiger partial charge on any atom is 0.267 e. The first-order chi connectivity index (χ1) is 12.0. The summed E-state index contributed by atoms with van der Waals surface area (Å²) in [5.74, 6) is -0.131. The molecule has 0 aliphatic heterocycles. The molecule has 1 aromatic carbocycles. The molecule has 0 bridgehead atoms. The van der Waals surface area contributed by atoms with Gasteiger partial charge < -0.3 is 10.3 Å². The molecule has 3 aromatic rings. The highest BCUT2D eigenvalue weighted by Gasteiger charge is 2.20. The first-order valence-electron chi connectivity index (χ1n) is 8.22. The maximum atomic E-state index is 13.2. The molecule has 0 radical (unpaired) electrons. The minimum Gasteiger partial charge on any atom is -0.326 e. The van der Waals surface area contributed by atoms with Gasteiger partial charge in [-0.1, -0.05) is 0 Å². The van der Waals surface area contributed by atoms with Gasteiger partial charge in [0, 0.05) is 17.5 Å². The minimum atomic E-state index is -0.131. The molecule has 1 aliphatic rings. The lowest BCUT2D eigenvalue weighted by Gasteiger charge is -2.11. The number of hydrogen-bond donors (Lipinski definition) is 2. The van der Waals surface area contributed by atoms with E-state index < -0.39 is 0 Å². The van der Waals surface area contributed by atoms with Crippen molar-refractivity contribution in [1.29, 1.82) is 0 Å². The van der Waals surface area contributed by atoms with Crippen molar-refractivity contribution in [2.45, 2.75) is 32.6 Å². The maximum absolute atomic E-state index is 13.2. The second-order valence-corrected chi connectivity index (χ2v) is 7.71. The lowest BCUT2D eigenvalue weighted by molar-refractivity contribution is -0.114. The highest BCUT2D eigenvalue weighted by atomic mass is 32.1. The van der Waals surface area contributed by atoms with Crippen molar-refractivity contribution >= 4 is 45.4 Å². The third kappa shape index (κ3) is 2.83. The van der Waals surface area contributed by atoms with Crippen molar-refractivity contribution in [2.24, 2.45) is 0 Å². The third-order valence-electron chi connectivity index (χ3n) is 4.46. The van der Waals surface area contributed by atoms with E-state index in [1.54, 1.807) is 35.6 Å². The average molecular weight is 371 g/mol. The predicted octanol–water partition coefficient (Wildman–Crippen LogP) is 3.95. The second-order valence-electron chi connectivity index (χ2n) is 6.21. The van der Waals surface area contributed by atoms with E-state index in [4.69, 9.17) is 12.2 Å². The Morgan fingerprint density at radius 1 is 1.24 bits per heavy atom. The largest absolute Gasteiger partial charge is 0.326 e. The van der Waals surface area contributed by atoms with Gasteiger partial charge in [0.2, 0.25) is 5.91 Å². The SMILES string of the molecule is CC(=O)Nc1ccc(-n2c(=S)[nH]c3sc4c(c3c2=O)CCCC4)cc1. The van der Waals surface area contributed by atoms with Crippen LogP contribution in [0, 0.1) is 4.77 Å². The number of benzene rings is 1. The highest BCUT2D eigenvalue weighted by Crippen LogP contribution is 2.33. The Morgan fingerprint density at radius 3 is 2.68 bits per heavy atom. The van der Waals surface area contributed by atoms with Crippen molar-refractivity contribution in [2.75, 3.05) is 5.32 Å². The van der Waals surface area contributed by atoms with E-state index >= 15 is 0 Å². The number of aromatic nitrogens is 2. The fourth-order valence-corrected chi connectivity index (χ4v) is 5.00. The minimum absolute atomic E-state index is 0.0644. The molecule has 0 saturated carbocycles. The molecule has 7 heteroatoms. The fraction of sp³-hybridized carbons (Fsp3) is 0.278. The van der Waals surface area contributed by atoms with Gasteiger partial charge in [0.1, 0.15) is 4.83 Å². The van der Waals surface area contributed by atoms with Gasteiger partial charge in [-0.3, -0.25) is 14.2 Å². The van der Waals surface area contributed by atoms with Crippen LogP contribution in [0.2, 0.25) is 0 Å². The van der Waals surface area contributed by atoms with Crippen LogP contribution in [0.4, 0.5) is 5.69 Å². The summed E-state index contributed by atoms with van der Waals surface area (Å²) in [7, 11) is 0. The monoisotopic (exact) mass is 371 g/mol. The van der Waals surface area contributed by atoms with Gasteiger partial charge >= 0.3 is 0 Å². The molecular weight excluding hydrogens is 354 g/mol. The number of H-pyrrole nitrogens is 1. The number of thiophene rings is 1.